The smallest absolute Gasteiger partial charge is 0.194 e. The van der Waals surface area contributed by atoms with Crippen LogP contribution in [0, 0.1) is 0 Å². The second-order valence-electron chi connectivity index (χ2n) is 2.78. The maximum atomic E-state index is 11.7. The van der Waals surface area contributed by atoms with Gasteiger partial charge in [-0.15, -0.1) is 0 Å². The SMILES string of the molecule is O=C(CF)[C@H](O)[C@@H](O)[C@@H](O)[C@H](O)CO. The zero-order chi connectivity index (χ0) is 11.3. The van der Waals surface area contributed by atoms with Gasteiger partial charge in [-0.1, -0.05) is 0 Å². The van der Waals surface area contributed by atoms with Gasteiger partial charge in [0, 0.05) is 0 Å². The van der Waals surface area contributed by atoms with E-state index in [9.17, 15) is 9.18 Å². The first-order chi connectivity index (χ1) is 6.45. The average Bonchev–Trinajstić information content (AvgIpc) is 2.23. The minimum Gasteiger partial charge on any atom is -0.394 e. The highest BCUT2D eigenvalue weighted by molar-refractivity contribution is 5.84. The third-order valence-electron chi connectivity index (χ3n) is 1.72. The van der Waals surface area contributed by atoms with Gasteiger partial charge in [0.25, 0.3) is 0 Å². The molecule has 0 spiro atoms. The molecule has 0 aromatic carbocycles. The Morgan fingerprint density at radius 3 is 2.00 bits per heavy atom. The predicted molar refractivity (Wildman–Crippen MR) is 42.1 cm³/mol. The molecule has 0 rings (SSSR count). The lowest BCUT2D eigenvalue weighted by atomic mass is 10.0. The molecule has 0 unspecified atom stereocenters. The van der Waals surface area contributed by atoms with Gasteiger partial charge in [0.2, 0.25) is 0 Å². The first kappa shape index (κ1) is 13.4. The molecule has 0 fully saturated rings. The number of rotatable bonds is 6. The standard InChI is InChI=1S/C7H13FO6/c8-1-3(10)5(12)7(14)6(13)4(11)2-9/h4-7,9,11-14H,1-2H2/t4-,5+,6+,7-/m1/s1. The Hall–Kier alpha value is -0.600. The van der Waals surface area contributed by atoms with Crippen molar-refractivity contribution in [3.05, 3.63) is 0 Å². The van der Waals surface area contributed by atoms with E-state index in [1.54, 1.807) is 0 Å². The van der Waals surface area contributed by atoms with E-state index >= 15 is 0 Å². The first-order valence-electron chi connectivity index (χ1n) is 3.87. The summed E-state index contributed by atoms with van der Waals surface area (Å²) in [7, 11) is 0. The van der Waals surface area contributed by atoms with Crippen molar-refractivity contribution in [1.29, 1.82) is 0 Å². The molecule has 7 heteroatoms. The largest absolute Gasteiger partial charge is 0.394 e. The van der Waals surface area contributed by atoms with Gasteiger partial charge in [-0.2, -0.15) is 0 Å². The summed E-state index contributed by atoms with van der Waals surface area (Å²) < 4.78 is 11.7. The molecule has 0 heterocycles. The van der Waals surface area contributed by atoms with Crippen LogP contribution in [-0.2, 0) is 4.79 Å². The van der Waals surface area contributed by atoms with Crippen LogP contribution in [0.3, 0.4) is 0 Å². The number of hydrogen-bond acceptors (Lipinski definition) is 6. The molecular weight excluding hydrogens is 199 g/mol. The molecule has 6 nitrogen and oxygen atoms in total. The highest BCUT2D eigenvalue weighted by Gasteiger charge is 2.33. The van der Waals surface area contributed by atoms with Gasteiger partial charge in [-0.25, -0.2) is 4.39 Å². The molecule has 0 bridgehead atoms. The fourth-order valence-electron chi connectivity index (χ4n) is 0.792. The predicted octanol–water partition coefficient (Wildman–Crippen LogP) is -3.04. The van der Waals surface area contributed by atoms with Crippen molar-refractivity contribution in [3.8, 4) is 0 Å². The van der Waals surface area contributed by atoms with Crippen molar-refractivity contribution in [2.24, 2.45) is 0 Å². The van der Waals surface area contributed by atoms with Gasteiger partial charge in [0.15, 0.2) is 12.5 Å². The Labute approximate surface area is 79.2 Å². The number of aliphatic hydroxyl groups is 5. The molecule has 4 atom stereocenters. The molecule has 0 aliphatic carbocycles. The number of Topliss-reactive ketones (excluding diaryl/α,β-unsaturated/α-hetero) is 1. The molecule has 0 aliphatic rings. The van der Waals surface area contributed by atoms with E-state index in [1.807, 2.05) is 0 Å². The van der Waals surface area contributed by atoms with Crippen LogP contribution in [0.25, 0.3) is 0 Å². The third kappa shape index (κ3) is 3.28. The number of hydrogen-bond donors (Lipinski definition) is 5. The number of carbonyl (C=O) groups is 1. The molecule has 0 saturated carbocycles. The molecule has 14 heavy (non-hydrogen) atoms. The molecule has 0 saturated heterocycles. The van der Waals surface area contributed by atoms with Crippen LogP contribution < -0.4 is 0 Å². The third-order valence-corrected chi connectivity index (χ3v) is 1.72. The highest BCUT2D eigenvalue weighted by Crippen LogP contribution is 2.06. The van der Waals surface area contributed by atoms with Crippen molar-refractivity contribution in [2.75, 3.05) is 13.3 Å². The first-order valence-corrected chi connectivity index (χ1v) is 3.87. The molecular formula is C7H13FO6. The Morgan fingerprint density at radius 2 is 1.64 bits per heavy atom. The zero-order valence-corrected chi connectivity index (χ0v) is 7.25. The van der Waals surface area contributed by atoms with Crippen LogP contribution in [-0.4, -0.2) is 69.0 Å². The van der Waals surface area contributed by atoms with Crippen molar-refractivity contribution < 1.29 is 34.7 Å². The van der Waals surface area contributed by atoms with Gasteiger partial charge in [0.05, 0.1) is 6.61 Å². The maximum Gasteiger partial charge on any atom is 0.194 e. The quantitative estimate of drug-likeness (QED) is 0.319. The van der Waals surface area contributed by atoms with Crippen LogP contribution in [0.4, 0.5) is 4.39 Å². The van der Waals surface area contributed by atoms with Gasteiger partial charge in [-0.05, 0) is 0 Å². The monoisotopic (exact) mass is 212 g/mol. The van der Waals surface area contributed by atoms with E-state index in [-0.39, 0.29) is 0 Å². The number of alkyl halides is 1. The van der Waals surface area contributed by atoms with Crippen LogP contribution in [0.1, 0.15) is 0 Å². The van der Waals surface area contributed by atoms with E-state index in [1.165, 1.54) is 0 Å². The summed E-state index contributed by atoms with van der Waals surface area (Å²) in [4.78, 5) is 10.5. The molecule has 0 amide bonds. The molecule has 0 aliphatic heterocycles. The summed E-state index contributed by atoms with van der Waals surface area (Å²) in [6.45, 7) is -2.34. The van der Waals surface area contributed by atoms with Gasteiger partial charge < -0.3 is 25.5 Å². The van der Waals surface area contributed by atoms with E-state index < -0.39 is 43.5 Å². The normalized spacial score (nSPS) is 19.9. The van der Waals surface area contributed by atoms with E-state index in [4.69, 9.17) is 25.5 Å². The lowest BCUT2D eigenvalue weighted by Crippen LogP contribution is -2.49. The van der Waals surface area contributed by atoms with Gasteiger partial charge in [0.1, 0.15) is 24.4 Å². The van der Waals surface area contributed by atoms with Crippen LogP contribution >= 0.6 is 0 Å². The summed E-state index contributed by atoms with van der Waals surface area (Å²) in [6, 6.07) is 0. The topological polar surface area (TPSA) is 118 Å². The molecule has 84 valence electrons. The molecule has 5 N–H and O–H groups in total. The van der Waals surface area contributed by atoms with Crippen LogP contribution in [0.15, 0.2) is 0 Å². The Morgan fingerprint density at radius 1 is 1.14 bits per heavy atom. The summed E-state index contributed by atoms with van der Waals surface area (Å²) in [6.07, 6.45) is -7.76. The van der Waals surface area contributed by atoms with Crippen molar-refractivity contribution in [3.63, 3.8) is 0 Å². The Bertz CT molecular complexity index is 187. The highest BCUT2D eigenvalue weighted by atomic mass is 19.1. The fraction of sp³-hybridized carbons (Fsp3) is 0.857. The van der Waals surface area contributed by atoms with E-state index in [2.05, 4.69) is 0 Å². The second-order valence-corrected chi connectivity index (χ2v) is 2.78. The van der Waals surface area contributed by atoms with Gasteiger partial charge in [-0.3, -0.25) is 4.79 Å². The maximum absolute atomic E-state index is 11.7. The summed E-state index contributed by atoms with van der Waals surface area (Å²) >= 11 is 0. The summed E-state index contributed by atoms with van der Waals surface area (Å²) in [5, 5.41) is 44.1. The van der Waals surface area contributed by atoms with Crippen molar-refractivity contribution in [1.82, 2.24) is 0 Å². The number of ketones is 1. The van der Waals surface area contributed by atoms with E-state index in [0.717, 1.165) is 0 Å². The van der Waals surface area contributed by atoms with E-state index in [0.29, 0.717) is 0 Å². The van der Waals surface area contributed by atoms with Crippen LogP contribution in [0.2, 0.25) is 0 Å². The zero-order valence-electron chi connectivity index (χ0n) is 7.25. The fourth-order valence-corrected chi connectivity index (χ4v) is 0.792. The second kappa shape index (κ2) is 5.99. The van der Waals surface area contributed by atoms with Gasteiger partial charge >= 0.3 is 0 Å². The average molecular weight is 212 g/mol. The molecule has 0 aromatic rings. The summed E-state index contributed by atoms with van der Waals surface area (Å²) in [5.41, 5.74) is 0. The van der Waals surface area contributed by atoms with Crippen molar-refractivity contribution in [2.45, 2.75) is 24.4 Å². The minimum atomic E-state index is -2.11. The number of halogens is 1. The Kier molecular flexibility index (Phi) is 5.73. The number of aliphatic hydroxyl groups excluding tert-OH is 5. The lowest BCUT2D eigenvalue weighted by molar-refractivity contribution is -0.147. The summed E-state index contributed by atoms with van der Waals surface area (Å²) in [5.74, 6) is -1.30. The number of carbonyl (C=O) groups excluding carboxylic acids is 1. The Balaban J connectivity index is 4.30. The van der Waals surface area contributed by atoms with Crippen molar-refractivity contribution >= 4 is 5.78 Å². The lowest BCUT2D eigenvalue weighted by Gasteiger charge is -2.24. The molecule has 0 radical (unpaired) electrons. The minimum absolute atomic E-state index is 0.852. The van der Waals surface area contributed by atoms with Crippen LogP contribution in [0.5, 0.6) is 0 Å². The molecule has 0 aromatic heterocycles.